The lowest BCUT2D eigenvalue weighted by Crippen LogP contribution is -2.20. The quantitative estimate of drug-likeness (QED) is 0.622. The van der Waals surface area contributed by atoms with E-state index in [0.29, 0.717) is 25.9 Å². The number of benzene rings is 2. The summed E-state index contributed by atoms with van der Waals surface area (Å²) in [6, 6.07) is 20.5. The molecule has 1 fully saturated rings. The van der Waals surface area contributed by atoms with E-state index in [9.17, 15) is 0 Å². The van der Waals surface area contributed by atoms with Gasteiger partial charge in [-0.05, 0) is 24.0 Å². The maximum atomic E-state index is 6.06. The van der Waals surface area contributed by atoms with Crippen LogP contribution in [0.5, 0.6) is 0 Å². The number of hydrogen-bond donors (Lipinski definition) is 0. The molecule has 0 N–H and O–H groups in total. The molecular formula is C20H24O3. The third kappa shape index (κ3) is 6.14. The van der Waals surface area contributed by atoms with Crippen LogP contribution in [0.1, 0.15) is 24.0 Å². The third-order valence-corrected chi connectivity index (χ3v) is 3.96. The number of ether oxygens (including phenoxy) is 3. The van der Waals surface area contributed by atoms with E-state index in [-0.39, 0.29) is 6.10 Å². The van der Waals surface area contributed by atoms with E-state index in [1.54, 1.807) is 0 Å². The molecule has 23 heavy (non-hydrogen) atoms. The summed E-state index contributed by atoms with van der Waals surface area (Å²) in [5.41, 5.74) is 2.39. The highest BCUT2D eigenvalue weighted by Gasteiger charge is 2.24. The van der Waals surface area contributed by atoms with Gasteiger partial charge in [0.25, 0.3) is 0 Å². The van der Waals surface area contributed by atoms with Crippen molar-refractivity contribution < 1.29 is 14.2 Å². The van der Waals surface area contributed by atoms with Gasteiger partial charge in [-0.25, -0.2) is 0 Å². The maximum absolute atomic E-state index is 6.06. The normalized spacial score (nSPS) is 17.8. The molecule has 0 saturated carbocycles. The van der Waals surface area contributed by atoms with Crippen molar-refractivity contribution in [1.82, 2.24) is 0 Å². The lowest BCUT2D eigenvalue weighted by molar-refractivity contribution is -0.0347. The van der Waals surface area contributed by atoms with Crippen molar-refractivity contribution in [2.75, 3.05) is 13.2 Å². The van der Waals surface area contributed by atoms with Crippen LogP contribution in [0.2, 0.25) is 0 Å². The summed E-state index contributed by atoms with van der Waals surface area (Å²) < 4.78 is 17.2. The molecule has 3 nitrogen and oxygen atoms in total. The Labute approximate surface area is 138 Å². The zero-order valence-corrected chi connectivity index (χ0v) is 13.4. The van der Waals surface area contributed by atoms with Gasteiger partial charge in [0.05, 0.1) is 38.6 Å². The molecule has 1 aliphatic heterocycles. The second kappa shape index (κ2) is 8.82. The first-order valence-corrected chi connectivity index (χ1v) is 8.29. The van der Waals surface area contributed by atoms with E-state index >= 15 is 0 Å². The van der Waals surface area contributed by atoms with E-state index in [1.165, 1.54) is 11.1 Å². The molecule has 1 saturated heterocycles. The van der Waals surface area contributed by atoms with Crippen LogP contribution in [-0.2, 0) is 27.4 Å². The minimum Gasteiger partial charge on any atom is -0.374 e. The average molecular weight is 312 g/mol. The van der Waals surface area contributed by atoms with E-state index in [0.717, 1.165) is 19.4 Å². The predicted molar refractivity (Wildman–Crippen MR) is 90.1 cm³/mol. The highest BCUT2D eigenvalue weighted by atomic mass is 16.6. The lowest BCUT2D eigenvalue weighted by Gasteiger charge is -2.18. The number of rotatable bonds is 10. The molecule has 0 spiro atoms. The van der Waals surface area contributed by atoms with Crippen molar-refractivity contribution in [3.05, 3.63) is 71.8 Å². The molecule has 1 aliphatic rings. The summed E-state index contributed by atoms with van der Waals surface area (Å²) in [5, 5.41) is 0. The second-order valence-electron chi connectivity index (χ2n) is 5.95. The molecule has 3 heteroatoms. The Bertz CT molecular complexity index is 552. The Morgan fingerprint density at radius 1 is 0.913 bits per heavy atom. The smallest absolute Gasteiger partial charge is 0.0814 e. The van der Waals surface area contributed by atoms with Crippen molar-refractivity contribution in [1.29, 1.82) is 0 Å². The first kappa shape index (κ1) is 16.2. The van der Waals surface area contributed by atoms with Crippen LogP contribution >= 0.6 is 0 Å². The predicted octanol–water partition coefficient (Wildman–Crippen LogP) is 3.97. The van der Waals surface area contributed by atoms with Crippen LogP contribution in [0.4, 0.5) is 0 Å². The Morgan fingerprint density at radius 3 is 2.13 bits per heavy atom. The Morgan fingerprint density at radius 2 is 1.52 bits per heavy atom. The first-order valence-electron chi connectivity index (χ1n) is 8.29. The van der Waals surface area contributed by atoms with E-state index in [4.69, 9.17) is 14.2 Å². The van der Waals surface area contributed by atoms with Crippen molar-refractivity contribution in [2.24, 2.45) is 0 Å². The van der Waals surface area contributed by atoms with Gasteiger partial charge in [0.1, 0.15) is 0 Å². The Kier molecular flexibility index (Phi) is 6.21. The SMILES string of the molecule is c1ccc(COCC(CCC2CO2)OCc2ccccc2)cc1. The van der Waals surface area contributed by atoms with Gasteiger partial charge in [0.2, 0.25) is 0 Å². The zero-order valence-electron chi connectivity index (χ0n) is 13.4. The standard InChI is InChI=1S/C20H24O3/c1-3-7-17(8-4-1)13-21-15-19(11-12-20-16-23-20)22-14-18-9-5-2-6-10-18/h1-10,19-20H,11-16H2. The molecule has 3 rings (SSSR count). The minimum absolute atomic E-state index is 0.114. The number of hydrogen-bond acceptors (Lipinski definition) is 3. The summed E-state index contributed by atoms with van der Waals surface area (Å²) in [4.78, 5) is 0. The van der Waals surface area contributed by atoms with Crippen LogP contribution in [0.15, 0.2) is 60.7 Å². The molecule has 0 aliphatic carbocycles. The van der Waals surface area contributed by atoms with Crippen molar-refractivity contribution in [3.8, 4) is 0 Å². The largest absolute Gasteiger partial charge is 0.374 e. The van der Waals surface area contributed by atoms with E-state index < -0.39 is 0 Å². The molecule has 2 unspecified atom stereocenters. The molecule has 2 atom stereocenters. The summed E-state index contributed by atoms with van der Waals surface area (Å²) >= 11 is 0. The fraction of sp³-hybridized carbons (Fsp3) is 0.400. The summed E-state index contributed by atoms with van der Waals surface area (Å²) in [6.45, 7) is 2.78. The van der Waals surface area contributed by atoms with Crippen molar-refractivity contribution in [3.63, 3.8) is 0 Å². The van der Waals surface area contributed by atoms with Crippen LogP contribution < -0.4 is 0 Å². The second-order valence-corrected chi connectivity index (χ2v) is 5.95. The summed E-state index contributed by atoms with van der Waals surface area (Å²) in [6.07, 6.45) is 2.58. The van der Waals surface area contributed by atoms with Crippen LogP contribution in [0, 0.1) is 0 Å². The van der Waals surface area contributed by atoms with Gasteiger partial charge < -0.3 is 14.2 Å². The molecule has 0 amide bonds. The lowest BCUT2D eigenvalue weighted by atomic mass is 10.1. The molecule has 2 aromatic carbocycles. The van der Waals surface area contributed by atoms with Gasteiger partial charge >= 0.3 is 0 Å². The van der Waals surface area contributed by atoms with Gasteiger partial charge in [0.15, 0.2) is 0 Å². The average Bonchev–Trinajstić information content (AvgIpc) is 3.43. The Hall–Kier alpha value is -1.68. The highest BCUT2D eigenvalue weighted by molar-refractivity contribution is 5.14. The number of epoxide rings is 1. The fourth-order valence-corrected chi connectivity index (χ4v) is 2.49. The third-order valence-electron chi connectivity index (χ3n) is 3.96. The van der Waals surface area contributed by atoms with Crippen LogP contribution in [-0.4, -0.2) is 25.4 Å². The summed E-state index contributed by atoms with van der Waals surface area (Å²) in [5.74, 6) is 0. The maximum Gasteiger partial charge on any atom is 0.0814 e. The zero-order chi connectivity index (χ0) is 15.7. The van der Waals surface area contributed by atoms with Crippen molar-refractivity contribution >= 4 is 0 Å². The molecule has 122 valence electrons. The van der Waals surface area contributed by atoms with E-state index in [1.807, 2.05) is 36.4 Å². The van der Waals surface area contributed by atoms with Crippen LogP contribution in [0.25, 0.3) is 0 Å². The van der Waals surface area contributed by atoms with Crippen molar-refractivity contribution in [2.45, 2.75) is 38.3 Å². The molecule has 0 bridgehead atoms. The van der Waals surface area contributed by atoms with E-state index in [2.05, 4.69) is 24.3 Å². The topological polar surface area (TPSA) is 31.0 Å². The van der Waals surface area contributed by atoms with Gasteiger partial charge in [-0.1, -0.05) is 60.7 Å². The molecule has 0 aromatic heterocycles. The minimum atomic E-state index is 0.114. The molecule has 2 aromatic rings. The van der Waals surface area contributed by atoms with Gasteiger partial charge in [0, 0.05) is 0 Å². The molecular weight excluding hydrogens is 288 g/mol. The van der Waals surface area contributed by atoms with Gasteiger partial charge in [-0.3, -0.25) is 0 Å². The van der Waals surface area contributed by atoms with Gasteiger partial charge in [-0.15, -0.1) is 0 Å². The molecule has 1 heterocycles. The monoisotopic (exact) mass is 312 g/mol. The fourth-order valence-electron chi connectivity index (χ4n) is 2.49. The highest BCUT2D eigenvalue weighted by Crippen LogP contribution is 2.19. The first-order chi connectivity index (χ1) is 11.4. The van der Waals surface area contributed by atoms with Crippen LogP contribution in [0.3, 0.4) is 0 Å². The molecule has 0 radical (unpaired) electrons. The Balaban J connectivity index is 1.44. The van der Waals surface area contributed by atoms with Gasteiger partial charge in [-0.2, -0.15) is 0 Å². The summed E-state index contributed by atoms with van der Waals surface area (Å²) in [7, 11) is 0.